The minimum atomic E-state index is 0.910. The molecule has 0 aliphatic rings. The first-order valence-corrected chi connectivity index (χ1v) is 3.91. The van der Waals surface area contributed by atoms with Gasteiger partial charge in [-0.1, -0.05) is 6.08 Å². The molecule has 0 fully saturated rings. The van der Waals surface area contributed by atoms with Gasteiger partial charge in [0.1, 0.15) is 6.33 Å². The predicted molar refractivity (Wildman–Crippen MR) is 43.0 cm³/mol. The Bertz CT molecular complexity index is 198. The van der Waals surface area contributed by atoms with Crippen LogP contribution >= 0.6 is 11.8 Å². The van der Waals surface area contributed by atoms with Gasteiger partial charge in [-0.2, -0.15) is 0 Å². The third-order valence-electron chi connectivity index (χ3n) is 0.905. The molecule has 10 heavy (non-hydrogen) atoms. The lowest BCUT2D eigenvalue weighted by Gasteiger charge is -1.92. The average Bonchev–Trinajstić information content (AvgIpc) is 2.03. The lowest BCUT2D eigenvalue weighted by Crippen LogP contribution is -1.78. The van der Waals surface area contributed by atoms with Crippen LogP contribution in [0.4, 0.5) is 0 Å². The molecule has 0 bridgehead atoms. The SMILES string of the molecule is C=CCSc1cncnc1. The minimum absolute atomic E-state index is 0.910. The van der Waals surface area contributed by atoms with Gasteiger partial charge >= 0.3 is 0 Å². The van der Waals surface area contributed by atoms with Crippen molar-refractivity contribution >= 4 is 11.8 Å². The second-order valence-corrected chi connectivity index (χ2v) is 2.77. The van der Waals surface area contributed by atoms with Crippen LogP contribution in [0.15, 0.2) is 36.3 Å². The Morgan fingerprint density at radius 1 is 1.50 bits per heavy atom. The van der Waals surface area contributed by atoms with Crippen LogP contribution in [0.25, 0.3) is 0 Å². The summed E-state index contributed by atoms with van der Waals surface area (Å²) in [6.45, 7) is 3.61. The van der Waals surface area contributed by atoms with E-state index < -0.39 is 0 Å². The van der Waals surface area contributed by atoms with E-state index in [4.69, 9.17) is 0 Å². The second-order valence-electron chi connectivity index (χ2n) is 1.67. The van der Waals surface area contributed by atoms with Gasteiger partial charge in [0, 0.05) is 23.0 Å². The molecule has 0 aromatic carbocycles. The van der Waals surface area contributed by atoms with Gasteiger partial charge < -0.3 is 0 Å². The first-order valence-electron chi connectivity index (χ1n) is 2.92. The highest BCUT2D eigenvalue weighted by Crippen LogP contribution is 2.13. The monoisotopic (exact) mass is 152 g/mol. The van der Waals surface area contributed by atoms with E-state index in [1.54, 1.807) is 24.2 Å². The highest BCUT2D eigenvalue weighted by Gasteiger charge is 1.88. The lowest BCUT2D eigenvalue weighted by atomic mass is 10.7. The predicted octanol–water partition coefficient (Wildman–Crippen LogP) is 1.75. The molecule has 0 spiro atoms. The molecule has 1 aromatic heterocycles. The molecule has 0 saturated carbocycles. The fraction of sp³-hybridized carbons (Fsp3) is 0.143. The van der Waals surface area contributed by atoms with Gasteiger partial charge in [-0.15, -0.1) is 18.3 Å². The average molecular weight is 152 g/mol. The summed E-state index contributed by atoms with van der Waals surface area (Å²) in [5.74, 6) is 0.910. The van der Waals surface area contributed by atoms with E-state index in [9.17, 15) is 0 Å². The number of hydrogen-bond donors (Lipinski definition) is 0. The zero-order chi connectivity index (χ0) is 7.23. The molecular formula is C7H8N2S. The van der Waals surface area contributed by atoms with Crippen LogP contribution in [0.3, 0.4) is 0 Å². The Balaban J connectivity index is 2.50. The third kappa shape index (κ3) is 2.19. The van der Waals surface area contributed by atoms with Crippen molar-refractivity contribution in [2.75, 3.05) is 5.75 Å². The van der Waals surface area contributed by atoms with Crippen LogP contribution in [-0.4, -0.2) is 15.7 Å². The van der Waals surface area contributed by atoms with E-state index in [0.29, 0.717) is 0 Å². The van der Waals surface area contributed by atoms with Crippen LogP contribution in [-0.2, 0) is 0 Å². The van der Waals surface area contributed by atoms with Crippen molar-refractivity contribution in [3.8, 4) is 0 Å². The molecule has 1 heterocycles. The third-order valence-corrected chi connectivity index (χ3v) is 1.85. The van der Waals surface area contributed by atoms with E-state index in [2.05, 4.69) is 16.5 Å². The first kappa shape index (κ1) is 7.28. The summed E-state index contributed by atoms with van der Waals surface area (Å²) in [6.07, 6.45) is 6.97. The van der Waals surface area contributed by atoms with Gasteiger partial charge in [0.25, 0.3) is 0 Å². The quantitative estimate of drug-likeness (QED) is 0.487. The number of hydrogen-bond acceptors (Lipinski definition) is 3. The van der Waals surface area contributed by atoms with Crippen LogP contribution in [0.5, 0.6) is 0 Å². The topological polar surface area (TPSA) is 25.8 Å². The Morgan fingerprint density at radius 2 is 2.20 bits per heavy atom. The van der Waals surface area contributed by atoms with Gasteiger partial charge in [-0.05, 0) is 0 Å². The molecule has 1 aromatic rings. The molecular weight excluding hydrogens is 144 g/mol. The second kappa shape index (κ2) is 4.06. The standard InChI is InChI=1S/C7H8N2S/c1-2-3-10-7-4-8-6-9-5-7/h2,4-6H,1,3H2. The Hall–Kier alpha value is -0.830. The van der Waals surface area contributed by atoms with Crippen molar-refractivity contribution in [3.05, 3.63) is 31.4 Å². The van der Waals surface area contributed by atoms with E-state index in [0.717, 1.165) is 10.6 Å². The van der Waals surface area contributed by atoms with Gasteiger partial charge in [0.2, 0.25) is 0 Å². The zero-order valence-corrected chi connectivity index (χ0v) is 6.34. The largest absolute Gasteiger partial charge is 0.244 e. The maximum atomic E-state index is 3.87. The van der Waals surface area contributed by atoms with Crippen molar-refractivity contribution in [2.45, 2.75) is 4.90 Å². The molecule has 0 N–H and O–H groups in total. The van der Waals surface area contributed by atoms with E-state index in [-0.39, 0.29) is 0 Å². The molecule has 3 heteroatoms. The number of nitrogens with zero attached hydrogens (tertiary/aromatic N) is 2. The molecule has 0 unspecified atom stereocenters. The minimum Gasteiger partial charge on any atom is -0.244 e. The normalized spacial score (nSPS) is 9.20. The maximum absolute atomic E-state index is 3.87. The Labute approximate surface area is 64.4 Å². The summed E-state index contributed by atoms with van der Waals surface area (Å²) in [7, 11) is 0. The molecule has 52 valence electrons. The number of rotatable bonds is 3. The van der Waals surface area contributed by atoms with Gasteiger partial charge in [-0.3, -0.25) is 0 Å². The van der Waals surface area contributed by atoms with Crippen LogP contribution in [0.1, 0.15) is 0 Å². The summed E-state index contributed by atoms with van der Waals surface area (Å²) in [6, 6.07) is 0. The maximum Gasteiger partial charge on any atom is 0.115 e. The van der Waals surface area contributed by atoms with Crippen LogP contribution in [0.2, 0.25) is 0 Å². The number of aromatic nitrogens is 2. The molecule has 0 saturated heterocycles. The molecule has 2 nitrogen and oxygen atoms in total. The van der Waals surface area contributed by atoms with Crippen LogP contribution < -0.4 is 0 Å². The fourth-order valence-corrected chi connectivity index (χ4v) is 1.10. The lowest BCUT2D eigenvalue weighted by molar-refractivity contribution is 1.10. The molecule has 0 amide bonds. The molecule has 0 atom stereocenters. The highest BCUT2D eigenvalue weighted by atomic mass is 32.2. The van der Waals surface area contributed by atoms with Crippen molar-refractivity contribution < 1.29 is 0 Å². The zero-order valence-electron chi connectivity index (χ0n) is 5.53. The molecule has 0 aliphatic heterocycles. The molecule has 0 radical (unpaired) electrons. The van der Waals surface area contributed by atoms with E-state index in [1.165, 1.54) is 6.33 Å². The first-order chi connectivity index (χ1) is 4.93. The van der Waals surface area contributed by atoms with Crippen molar-refractivity contribution in [3.63, 3.8) is 0 Å². The summed E-state index contributed by atoms with van der Waals surface area (Å²) in [5, 5.41) is 0. The van der Waals surface area contributed by atoms with Gasteiger partial charge in [0.05, 0.1) is 0 Å². The van der Waals surface area contributed by atoms with E-state index >= 15 is 0 Å². The highest BCUT2D eigenvalue weighted by molar-refractivity contribution is 7.99. The van der Waals surface area contributed by atoms with Crippen molar-refractivity contribution in [2.24, 2.45) is 0 Å². The number of thioether (sulfide) groups is 1. The molecule has 1 rings (SSSR count). The van der Waals surface area contributed by atoms with Gasteiger partial charge in [-0.25, -0.2) is 9.97 Å². The summed E-state index contributed by atoms with van der Waals surface area (Å²) in [5.41, 5.74) is 0. The van der Waals surface area contributed by atoms with Crippen molar-refractivity contribution in [1.29, 1.82) is 0 Å². The summed E-state index contributed by atoms with van der Waals surface area (Å²) in [4.78, 5) is 8.83. The summed E-state index contributed by atoms with van der Waals surface area (Å²) < 4.78 is 0. The Kier molecular flexibility index (Phi) is 2.96. The fourth-order valence-electron chi connectivity index (χ4n) is 0.515. The van der Waals surface area contributed by atoms with E-state index in [1.807, 2.05) is 6.08 Å². The van der Waals surface area contributed by atoms with Gasteiger partial charge in [0.15, 0.2) is 0 Å². The van der Waals surface area contributed by atoms with Crippen LogP contribution in [0, 0.1) is 0 Å². The summed E-state index contributed by atoms with van der Waals surface area (Å²) >= 11 is 1.68. The smallest absolute Gasteiger partial charge is 0.115 e. The van der Waals surface area contributed by atoms with Crippen molar-refractivity contribution in [1.82, 2.24) is 9.97 Å². The molecule has 0 aliphatic carbocycles. The Morgan fingerprint density at radius 3 is 2.80 bits per heavy atom.